The van der Waals surface area contributed by atoms with Gasteiger partial charge in [0.2, 0.25) is 5.69 Å². The summed E-state index contributed by atoms with van der Waals surface area (Å²) in [5, 5.41) is 2.66. The van der Waals surface area contributed by atoms with Crippen LogP contribution in [0.25, 0.3) is 10.8 Å². The highest BCUT2D eigenvalue weighted by atomic mass is 19.2. The number of hydrogen-bond donors (Lipinski definition) is 1. The lowest BCUT2D eigenvalue weighted by atomic mass is 9.12. The molecule has 6 aromatic rings. The van der Waals surface area contributed by atoms with Crippen molar-refractivity contribution in [3.8, 4) is 0 Å². The summed E-state index contributed by atoms with van der Waals surface area (Å²) in [6.45, 7) is 0. The first-order chi connectivity index (χ1) is 26.7. The molecule has 0 aliphatic carbocycles. The van der Waals surface area contributed by atoms with Gasteiger partial charge >= 0.3 is 0 Å². The Kier molecular flexibility index (Phi) is 10.1. The number of benzene rings is 6. The molecule has 1 aliphatic rings. The summed E-state index contributed by atoms with van der Waals surface area (Å²) < 4.78 is 294. The Morgan fingerprint density at radius 1 is 0.298 bits per heavy atom. The average molecular weight is 833 g/mol. The van der Waals surface area contributed by atoms with Crippen molar-refractivity contribution in [1.82, 2.24) is 0 Å². The molecule has 1 nitrogen and oxygen atoms in total. The van der Waals surface area contributed by atoms with Gasteiger partial charge in [0.1, 0.15) is 52.7 Å². The molecule has 22 heteroatoms. The monoisotopic (exact) mass is 833 g/mol. The van der Waals surface area contributed by atoms with Crippen molar-refractivity contribution < 1.29 is 92.8 Å². The van der Waals surface area contributed by atoms with E-state index in [-0.39, 0.29) is 0 Å². The molecule has 0 aromatic heterocycles. The van der Waals surface area contributed by atoms with Crippen LogP contribution >= 0.6 is 0 Å². The molecule has 6 aromatic carbocycles. The summed E-state index contributed by atoms with van der Waals surface area (Å²) in [4.78, 5) is 3.25. The molecule has 0 amide bonds. The molecule has 0 unspecified atom stereocenters. The Morgan fingerprint density at radius 2 is 0.544 bits per heavy atom. The molecule has 296 valence electrons. The van der Waals surface area contributed by atoms with E-state index in [1.54, 1.807) is 0 Å². The summed E-state index contributed by atoms with van der Waals surface area (Å²) in [6, 6.07) is 12.7. The van der Waals surface area contributed by atoms with E-state index in [0.717, 1.165) is 0 Å². The van der Waals surface area contributed by atoms with E-state index in [2.05, 4.69) is 47.6 Å². The standard InChI is InChI=1S/C24BF20.C11H7N/c26-5-1(6(27)14(35)21(42)13(5)34)25(2-7(28)15(36)22(43)16(37)8(2)29,3-9(30)17(38)23(44)18(39)10(3)31)4-11(32)19(40)24(45)20(41)12(4)33;1-3-8-4-2-6-10-11(8)9(5-1)7-12-10/h;1-7H/q-1;/p+1. The minimum Gasteiger partial charge on any atom is -0.210 e. The van der Waals surface area contributed by atoms with Crippen LogP contribution in [0.3, 0.4) is 0 Å². The second-order valence-corrected chi connectivity index (χ2v) is 11.8. The molecule has 57 heavy (non-hydrogen) atoms. The highest BCUT2D eigenvalue weighted by Gasteiger charge is 2.52. The van der Waals surface area contributed by atoms with Crippen LogP contribution in [0.15, 0.2) is 36.4 Å². The molecule has 0 saturated heterocycles. The molecule has 0 bridgehead atoms. The van der Waals surface area contributed by atoms with E-state index >= 15 is 35.1 Å². The minimum atomic E-state index is -7.22. The van der Waals surface area contributed by atoms with Crippen LogP contribution in [-0.2, 0) is 0 Å². The maximum Gasteiger partial charge on any atom is 0.212 e. The molecule has 0 atom stereocenters. The Labute approximate surface area is 302 Å². The van der Waals surface area contributed by atoms with Gasteiger partial charge in [-0.1, -0.05) is 24.3 Å². The summed E-state index contributed by atoms with van der Waals surface area (Å²) in [5.41, 5.74) is -11.8. The van der Waals surface area contributed by atoms with Crippen molar-refractivity contribution in [2.45, 2.75) is 0 Å². The fourth-order valence-electron chi connectivity index (χ4n) is 6.64. The second-order valence-electron chi connectivity index (χ2n) is 11.8. The first kappa shape index (κ1) is 40.6. The van der Waals surface area contributed by atoms with E-state index in [9.17, 15) is 52.7 Å². The SMILES string of the molecule is C1=[NH+]c2cccc3cccc1c23.Fc1c(F)c(F)c([B-](c2c(F)c(F)c(F)c(F)c2F)(c2c(F)c(F)c(F)c(F)c2F)c2c(F)c(F)c(F)c(F)c2F)c(F)c1F. The maximum absolute atomic E-state index is 15.4. The fourth-order valence-corrected chi connectivity index (χ4v) is 6.64. The second kappa shape index (κ2) is 14.1. The lowest BCUT2D eigenvalue weighted by molar-refractivity contribution is -0.342. The zero-order valence-electron chi connectivity index (χ0n) is 26.7. The Morgan fingerprint density at radius 3 is 0.825 bits per heavy atom. The van der Waals surface area contributed by atoms with Gasteiger partial charge in [0.15, 0.2) is 76.0 Å². The van der Waals surface area contributed by atoms with Crippen LogP contribution < -0.4 is 26.8 Å². The van der Waals surface area contributed by atoms with Crippen molar-refractivity contribution >= 4 is 50.7 Å². The minimum absolute atomic E-state index is 1.23. The number of hydrogen-bond acceptors (Lipinski definition) is 0. The van der Waals surface area contributed by atoms with Gasteiger partial charge in [-0.15, -0.1) is 21.9 Å². The van der Waals surface area contributed by atoms with Crippen molar-refractivity contribution in [3.05, 3.63) is 158 Å². The zero-order valence-corrected chi connectivity index (χ0v) is 26.7. The topological polar surface area (TPSA) is 14.0 Å². The Hall–Kier alpha value is -6.09. The van der Waals surface area contributed by atoms with Crippen molar-refractivity contribution in [3.63, 3.8) is 0 Å². The van der Waals surface area contributed by atoms with E-state index in [4.69, 9.17) is 0 Å². The molecule has 0 fully saturated rings. The third kappa shape index (κ3) is 5.61. The lowest BCUT2D eigenvalue weighted by Gasteiger charge is -2.44. The first-order valence-electron chi connectivity index (χ1n) is 15.0. The lowest BCUT2D eigenvalue weighted by Crippen LogP contribution is -2.81. The summed E-state index contributed by atoms with van der Waals surface area (Å²) in [6.07, 6.45) is -5.16. The van der Waals surface area contributed by atoms with E-state index in [1.165, 1.54) is 22.0 Å². The molecule has 1 heterocycles. The Bertz CT molecular complexity index is 2330. The van der Waals surface area contributed by atoms with Crippen LogP contribution in [-0.4, -0.2) is 12.4 Å². The van der Waals surface area contributed by atoms with Crippen molar-refractivity contribution in [1.29, 1.82) is 0 Å². The van der Waals surface area contributed by atoms with Gasteiger partial charge in [-0.25, -0.2) is 92.8 Å². The van der Waals surface area contributed by atoms with Crippen LogP contribution in [0, 0.1) is 116 Å². The highest BCUT2D eigenvalue weighted by molar-refractivity contribution is 7.20. The van der Waals surface area contributed by atoms with Crippen LogP contribution in [0.1, 0.15) is 5.56 Å². The Balaban J connectivity index is 0.000000382. The van der Waals surface area contributed by atoms with Gasteiger partial charge in [0.05, 0.1) is 10.9 Å². The number of nitrogens with one attached hydrogen (secondary N) is 1. The van der Waals surface area contributed by atoms with Gasteiger partial charge in [-0.05, 0) is 11.5 Å². The summed E-state index contributed by atoms with van der Waals surface area (Å²) in [5.74, 6) is -71.4. The molecular weight excluding hydrogens is 825 g/mol. The van der Waals surface area contributed by atoms with Gasteiger partial charge in [-0.3, -0.25) is 0 Å². The third-order valence-electron chi connectivity index (χ3n) is 9.03. The van der Waals surface area contributed by atoms with Gasteiger partial charge in [0.25, 0.3) is 0 Å². The van der Waals surface area contributed by atoms with Gasteiger partial charge in [-0.2, -0.15) is 0 Å². The molecule has 7 rings (SSSR count). The molecule has 0 spiro atoms. The molecule has 1 aliphatic heterocycles. The van der Waals surface area contributed by atoms with E-state index in [0.29, 0.717) is 0 Å². The third-order valence-corrected chi connectivity index (χ3v) is 9.03. The predicted octanol–water partition coefficient (Wildman–Crippen LogP) is 6.83. The maximum atomic E-state index is 15.4. The van der Waals surface area contributed by atoms with E-state index in [1.807, 2.05) is 0 Å². The van der Waals surface area contributed by atoms with Crippen molar-refractivity contribution in [2.75, 3.05) is 0 Å². The fraction of sp³-hybridized carbons (Fsp3) is 0. The van der Waals surface area contributed by atoms with Crippen LogP contribution in [0.5, 0.6) is 0 Å². The summed E-state index contributed by atoms with van der Waals surface area (Å²) in [7, 11) is 0. The number of halogens is 20. The molecule has 0 saturated carbocycles. The predicted molar refractivity (Wildman–Crippen MR) is 159 cm³/mol. The zero-order chi connectivity index (χ0) is 42.3. The van der Waals surface area contributed by atoms with Gasteiger partial charge < -0.3 is 0 Å². The first-order valence-corrected chi connectivity index (χ1v) is 15.0. The summed E-state index contributed by atoms with van der Waals surface area (Å²) >= 11 is 0. The highest BCUT2D eigenvalue weighted by Crippen LogP contribution is 2.31. The molecule has 1 N–H and O–H groups in total. The molecule has 0 radical (unpaired) electrons. The normalized spacial score (nSPS) is 12.1. The van der Waals surface area contributed by atoms with Crippen LogP contribution in [0.4, 0.5) is 93.5 Å². The smallest absolute Gasteiger partial charge is 0.210 e. The molecular formula is C35H8BF20N. The number of rotatable bonds is 4. The average Bonchev–Trinajstić information content (AvgIpc) is 3.62. The largest absolute Gasteiger partial charge is 0.212 e. The van der Waals surface area contributed by atoms with Gasteiger partial charge in [0, 0.05) is 6.07 Å². The van der Waals surface area contributed by atoms with E-state index < -0.39 is 144 Å². The van der Waals surface area contributed by atoms with Crippen molar-refractivity contribution in [2.24, 2.45) is 0 Å². The van der Waals surface area contributed by atoms with Crippen LogP contribution in [0.2, 0.25) is 0 Å². The quantitative estimate of drug-likeness (QED) is 0.0867.